The van der Waals surface area contributed by atoms with Crippen molar-refractivity contribution < 1.29 is 8.42 Å². The van der Waals surface area contributed by atoms with Gasteiger partial charge in [0.25, 0.3) is 10.0 Å². The normalized spacial score (nSPS) is 11.4. The van der Waals surface area contributed by atoms with E-state index in [9.17, 15) is 8.42 Å². The third-order valence-electron chi connectivity index (χ3n) is 2.11. The molecule has 0 amide bonds. The number of nitrogens with zero attached hydrogens (tertiary/aromatic N) is 2. The summed E-state index contributed by atoms with van der Waals surface area (Å²) < 4.78 is 27.5. The topological polar surface area (TPSA) is 72.0 Å². The van der Waals surface area contributed by atoms with Crippen molar-refractivity contribution in [3.05, 3.63) is 43.6 Å². The molecular formula is C10H5Br2Cl2N3O2S. The number of hydrogen-bond acceptors (Lipinski definition) is 4. The van der Waals surface area contributed by atoms with Crippen LogP contribution in [-0.4, -0.2) is 18.4 Å². The first-order chi connectivity index (χ1) is 9.29. The number of benzene rings is 1. The summed E-state index contributed by atoms with van der Waals surface area (Å²) in [6, 6.07) is 4.16. The highest BCUT2D eigenvalue weighted by molar-refractivity contribution is 9.11. The summed E-state index contributed by atoms with van der Waals surface area (Å²) in [7, 11) is -3.92. The molecule has 0 aliphatic rings. The summed E-state index contributed by atoms with van der Waals surface area (Å²) in [5.74, 6) is 0.0456. The van der Waals surface area contributed by atoms with Crippen LogP contribution in [0.2, 0.25) is 10.0 Å². The van der Waals surface area contributed by atoms with E-state index >= 15 is 0 Å². The highest BCUT2D eigenvalue weighted by Crippen LogP contribution is 2.28. The van der Waals surface area contributed by atoms with Gasteiger partial charge in [0.05, 0.1) is 11.2 Å². The first-order valence-electron chi connectivity index (χ1n) is 4.95. The van der Waals surface area contributed by atoms with E-state index in [1.165, 1.54) is 24.4 Å². The van der Waals surface area contributed by atoms with Crippen molar-refractivity contribution >= 4 is 70.9 Å². The predicted molar refractivity (Wildman–Crippen MR) is 84.7 cm³/mol. The van der Waals surface area contributed by atoms with Crippen LogP contribution in [-0.2, 0) is 10.0 Å². The van der Waals surface area contributed by atoms with Crippen LogP contribution in [0.15, 0.2) is 38.5 Å². The molecule has 0 radical (unpaired) electrons. The van der Waals surface area contributed by atoms with Crippen molar-refractivity contribution in [1.82, 2.24) is 9.97 Å². The Morgan fingerprint density at radius 2 is 1.90 bits per heavy atom. The van der Waals surface area contributed by atoms with Crippen LogP contribution in [0.5, 0.6) is 0 Å². The molecule has 0 bridgehead atoms. The number of hydrogen-bond donors (Lipinski definition) is 1. The largest absolute Gasteiger partial charge is 0.264 e. The van der Waals surface area contributed by atoms with E-state index in [4.69, 9.17) is 23.2 Å². The molecule has 0 unspecified atom stereocenters. The lowest BCUT2D eigenvalue weighted by atomic mass is 10.4. The van der Waals surface area contributed by atoms with Crippen LogP contribution in [0, 0.1) is 0 Å². The first-order valence-corrected chi connectivity index (χ1v) is 8.78. The van der Waals surface area contributed by atoms with Crippen LogP contribution in [0.4, 0.5) is 5.82 Å². The van der Waals surface area contributed by atoms with Gasteiger partial charge < -0.3 is 0 Å². The number of rotatable bonds is 3. The zero-order valence-electron chi connectivity index (χ0n) is 9.44. The standard InChI is InChI=1S/C10H5Br2Cl2N3O2S/c11-8-4-15-10(9(12)16-8)17-20(18,19)7-3-5(13)1-2-6(7)14/h1-4H,(H,15,17). The van der Waals surface area contributed by atoms with Gasteiger partial charge in [-0.2, -0.15) is 0 Å². The van der Waals surface area contributed by atoms with Crippen molar-refractivity contribution in [3.63, 3.8) is 0 Å². The van der Waals surface area contributed by atoms with Crippen LogP contribution < -0.4 is 4.72 Å². The molecule has 5 nitrogen and oxygen atoms in total. The summed E-state index contributed by atoms with van der Waals surface area (Å²) in [4.78, 5) is 7.76. The van der Waals surface area contributed by atoms with Crippen molar-refractivity contribution in [2.75, 3.05) is 4.72 Å². The Labute approximate surface area is 142 Å². The highest BCUT2D eigenvalue weighted by atomic mass is 79.9. The smallest absolute Gasteiger partial charge is 0.261 e. The zero-order valence-corrected chi connectivity index (χ0v) is 14.9. The molecule has 0 atom stereocenters. The van der Waals surface area contributed by atoms with Gasteiger partial charge in [-0.1, -0.05) is 23.2 Å². The van der Waals surface area contributed by atoms with Crippen LogP contribution in [0.25, 0.3) is 0 Å². The molecule has 0 aliphatic carbocycles. The lowest BCUT2D eigenvalue weighted by molar-refractivity contribution is 0.601. The van der Waals surface area contributed by atoms with E-state index in [-0.39, 0.29) is 25.4 Å². The van der Waals surface area contributed by atoms with E-state index in [1.807, 2.05) is 0 Å². The van der Waals surface area contributed by atoms with Gasteiger partial charge in [0.2, 0.25) is 0 Å². The minimum absolute atomic E-state index is 0.0456. The maximum Gasteiger partial charge on any atom is 0.264 e. The number of sulfonamides is 1. The lowest BCUT2D eigenvalue weighted by Gasteiger charge is -2.10. The molecule has 0 fully saturated rings. The van der Waals surface area contributed by atoms with Gasteiger partial charge >= 0.3 is 0 Å². The molecule has 1 aromatic carbocycles. The Bertz CT molecular complexity index is 771. The Morgan fingerprint density at radius 3 is 2.55 bits per heavy atom. The second-order valence-corrected chi connectivity index (χ2v) is 7.57. The van der Waals surface area contributed by atoms with Crippen LogP contribution in [0.3, 0.4) is 0 Å². The maximum absolute atomic E-state index is 12.3. The quantitative estimate of drug-likeness (QED) is 0.746. The van der Waals surface area contributed by atoms with Gasteiger partial charge in [-0.15, -0.1) is 0 Å². The fourth-order valence-electron chi connectivity index (χ4n) is 1.28. The van der Waals surface area contributed by atoms with Crippen molar-refractivity contribution in [3.8, 4) is 0 Å². The highest BCUT2D eigenvalue weighted by Gasteiger charge is 2.20. The fraction of sp³-hybridized carbons (Fsp3) is 0. The van der Waals surface area contributed by atoms with Gasteiger partial charge in [-0.25, -0.2) is 18.4 Å². The molecule has 106 valence electrons. The van der Waals surface area contributed by atoms with Crippen LogP contribution >= 0.6 is 55.1 Å². The zero-order chi connectivity index (χ0) is 14.9. The first kappa shape index (κ1) is 16.0. The van der Waals surface area contributed by atoms with Gasteiger partial charge in [-0.3, -0.25) is 4.72 Å². The molecule has 10 heteroatoms. The van der Waals surface area contributed by atoms with E-state index < -0.39 is 10.0 Å². The van der Waals surface area contributed by atoms with Crippen molar-refractivity contribution in [2.24, 2.45) is 0 Å². The molecule has 2 aromatic rings. The van der Waals surface area contributed by atoms with Gasteiger partial charge in [-0.05, 0) is 50.1 Å². The Balaban J connectivity index is 2.43. The molecular weight excluding hydrogens is 457 g/mol. The van der Waals surface area contributed by atoms with Gasteiger partial charge in [0.15, 0.2) is 10.4 Å². The van der Waals surface area contributed by atoms with Crippen LogP contribution in [0.1, 0.15) is 0 Å². The number of halogens is 4. The molecule has 1 N–H and O–H groups in total. The molecule has 0 aliphatic heterocycles. The third-order valence-corrected chi connectivity index (χ3v) is 5.10. The Hall–Kier alpha value is -0.410. The van der Waals surface area contributed by atoms with E-state index in [2.05, 4.69) is 46.5 Å². The second kappa shape index (κ2) is 6.15. The van der Waals surface area contributed by atoms with Crippen molar-refractivity contribution in [1.29, 1.82) is 0 Å². The summed E-state index contributed by atoms with van der Waals surface area (Å²) in [5, 5.41) is 0.318. The average molecular weight is 462 g/mol. The Kier molecular flexibility index (Phi) is 4.91. The third kappa shape index (κ3) is 3.62. The van der Waals surface area contributed by atoms with E-state index in [0.29, 0.717) is 4.60 Å². The number of aromatic nitrogens is 2. The number of nitrogens with one attached hydrogen (secondary N) is 1. The van der Waals surface area contributed by atoms with Gasteiger partial charge in [0, 0.05) is 5.02 Å². The molecule has 2 rings (SSSR count). The number of anilines is 1. The van der Waals surface area contributed by atoms with E-state index in [1.54, 1.807) is 0 Å². The summed E-state index contributed by atoms with van der Waals surface area (Å²) in [6.45, 7) is 0. The van der Waals surface area contributed by atoms with E-state index in [0.717, 1.165) is 0 Å². The Morgan fingerprint density at radius 1 is 1.20 bits per heavy atom. The van der Waals surface area contributed by atoms with Crippen molar-refractivity contribution in [2.45, 2.75) is 4.90 Å². The minimum Gasteiger partial charge on any atom is -0.261 e. The monoisotopic (exact) mass is 459 g/mol. The average Bonchev–Trinajstić information content (AvgIpc) is 2.35. The molecule has 1 aromatic heterocycles. The molecule has 1 heterocycles. The molecule has 20 heavy (non-hydrogen) atoms. The fourth-order valence-corrected chi connectivity index (χ4v) is 4.10. The SMILES string of the molecule is O=S(=O)(Nc1ncc(Br)nc1Br)c1cc(Cl)ccc1Cl. The minimum atomic E-state index is -3.92. The molecule has 0 saturated heterocycles. The van der Waals surface area contributed by atoms with Gasteiger partial charge in [0.1, 0.15) is 9.50 Å². The lowest BCUT2D eigenvalue weighted by Crippen LogP contribution is -2.15. The maximum atomic E-state index is 12.3. The summed E-state index contributed by atoms with van der Waals surface area (Å²) >= 11 is 17.9. The second-order valence-electron chi connectivity index (χ2n) is 3.51. The predicted octanol–water partition coefficient (Wildman–Crippen LogP) is 4.11. The molecule has 0 saturated carbocycles. The summed E-state index contributed by atoms with van der Waals surface area (Å²) in [5.41, 5.74) is 0. The summed E-state index contributed by atoms with van der Waals surface area (Å²) in [6.07, 6.45) is 1.36. The molecule has 0 spiro atoms.